The number of hydrogen-bond donors (Lipinski definition) is 2. The Labute approximate surface area is 264 Å². The van der Waals surface area contributed by atoms with Crippen molar-refractivity contribution in [3.63, 3.8) is 0 Å². The molecular formula is C27H21Br2F3N8O4. The van der Waals surface area contributed by atoms with Gasteiger partial charge in [0.25, 0.3) is 0 Å². The lowest BCUT2D eigenvalue weighted by molar-refractivity contribution is -0.385. The SMILES string of the molecule is O=[N+]([O-])c1cc(C(F)(F)F)ccc1Oc1c(Br)cc(/C=N\Nc2nc(Nc3ccccc3)nc(N3CCOCC3)n2)cc1Br. The van der Waals surface area contributed by atoms with Crippen LogP contribution >= 0.6 is 31.9 Å². The first-order valence-electron chi connectivity index (χ1n) is 12.8. The molecule has 44 heavy (non-hydrogen) atoms. The van der Waals surface area contributed by atoms with Crippen molar-refractivity contribution in [1.29, 1.82) is 0 Å². The Morgan fingerprint density at radius 2 is 1.68 bits per heavy atom. The van der Waals surface area contributed by atoms with Gasteiger partial charge in [0.1, 0.15) is 0 Å². The normalized spacial score (nSPS) is 13.6. The number of rotatable bonds is 9. The Balaban J connectivity index is 1.35. The number of hydrazone groups is 1. The third-order valence-electron chi connectivity index (χ3n) is 6.04. The maximum atomic E-state index is 13.1. The number of nitrogens with one attached hydrogen (secondary N) is 2. The molecule has 0 amide bonds. The number of alkyl halides is 3. The smallest absolute Gasteiger partial charge is 0.416 e. The van der Waals surface area contributed by atoms with Crippen LogP contribution in [0.25, 0.3) is 0 Å². The highest BCUT2D eigenvalue weighted by Crippen LogP contribution is 2.42. The van der Waals surface area contributed by atoms with E-state index >= 15 is 0 Å². The van der Waals surface area contributed by atoms with E-state index in [9.17, 15) is 23.3 Å². The minimum atomic E-state index is -4.75. The van der Waals surface area contributed by atoms with Crippen LogP contribution in [-0.4, -0.2) is 52.4 Å². The van der Waals surface area contributed by atoms with Crippen LogP contribution in [0.3, 0.4) is 0 Å². The van der Waals surface area contributed by atoms with Crippen LogP contribution in [0, 0.1) is 10.1 Å². The predicted molar refractivity (Wildman–Crippen MR) is 164 cm³/mol. The minimum Gasteiger partial charge on any atom is -0.448 e. The van der Waals surface area contributed by atoms with E-state index in [4.69, 9.17) is 9.47 Å². The topological polar surface area (TPSA) is 140 Å². The van der Waals surface area contributed by atoms with Gasteiger partial charge in [-0.15, -0.1) is 0 Å². The molecule has 12 nitrogen and oxygen atoms in total. The van der Waals surface area contributed by atoms with Gasteiger partial charge in [0.2, 0.25) is 23.6 Å². The quantitative estimate of drug-likeness (QED) is 0.104. The van der Waals surface area contributed by atoms with E-state index < -0.39 is 22.4 Å². The van der Waals surface area contributed by atoms with Crippen molar-refractivity contribution >= 4 is 67.3 Å². The van der Waals surface area contributed by atoms with Crippen molar-refractivity contribution in [2.45, 2.75) is 6.18 Å². The number of benzene rings is 3. The van der Waals surface area contributed by atoms with Crippen LogP contribution in [0.1, 0.15) is 11.1 Å². The summed E-state index contributed by atoms with van der Waals surface area (Å²) in [5.74, 6) is 0.697. The molecule has 228 valence electrons. The molecule has 1 saturated heterocycles. The number of anilines is 4. The molecule has 1 aromatic heterocycles. The van der Waals surface area contributed by atoms with Gasteiger partial charge in [-0.05, 0) is 73.8 Å². The molecule has 0 atom stereocenters. The zero-order valence-corrected chi connectivity index (χ0v) is 25.6. The first kappa shape index (κ1) is 31.1. The van der Waals surface area contributed by atoms with Crippen LogP contribution in [0.15, 0.2) is 74.7 Å². The number of nitro groups is 1. The third kappa shape index (κ3) is 7.78. The Hall–Kier alpha value is -4.35. The summed E-state index contributed by atoms with van der Waals surface area (Å²) in [6.45, 7) is 2.32. The average Bonchev–Trinajstić information content (AvgIpc) is 2.99. The van der Waals surface area contributed by atoms with E-state index in [1.165, 1.54) is 6.21 Å². The number of hydrogen-bond acceptors (Lipinski definition) is 11. The van der Waals surface area contributed by atoms with Gasteiger partial charge < -0.3 is 19.7 Å². The molecule has 4 aromatic rings. The standard InChI is InChI=1S/C27H21Br2F3N8O4/c28-19-12-16(13-20(29)23(19)44-22-7-6-17(27(30,31)32)14-21(22)40(41)42)15-33-38-25-35-24(34-18-4-2-1-3-5-18)36-26(37-25)39-8-10-43-11-9-39/h1-7,12-15H,8-11H2,(H2,34,35,36,37,38)/b33-15-. The highest BCUT2D eigenvalue weighted by molar-refractivity contribution is 9.11. The monoisotopic (exact) mass is 736 g/mol. The van der Waals surface area contributed by atoms with Gasteiger partial charge in [0.15, 0.2) is 5.75 Å². The molecule has 0 bridgehead atoms. The maximum Gasteiger partial charge on any atom is 0.416 e. The van der Waals surface area contributed by atoms with Gasteiger partial charge >= 0.3 is 11.9 Å². The summed E-state index contributed by atoms with van der Waals surface area (Å²) in [5, 5.41) is 18.9. The van der Waals surface area contributed by atoms with E-state index in [-0.39, 0.29) is 17.4 Å². The number of nitrogens with zero attached hydrogens (tertiary/aromatic N) is 6. The van der Waals surface area contributed by atoms with Crippen LogP contribution < -0.4 is 20.4 Å². The summed E-state index contributed by atoms with van der Waals surface area (Å²) in [7, 11) is 0. The highest BCUT2D eigenvalue weighted by Gasteiger charge is 2.33. The maximum absolute atomic E-state index is 13.1. The van der Waals surface area contributed by atoms with Crippen molar-refractivity contribution in [2.75, 3.05) is 41.9 Å². The molecule has 0 spiro atoms. The lowest BCUT2D eigenvalue weighted by atomic mass is 10.2. The minimum absolute atomic E-state index is 0.113. The van der Waals surface area contributed by atoms with Gasteiger partial charge in [0.05, 0.1) is 38.9 Å². The molecule has 2 N–H and O–H groups in total. The van der Waals surface area contributed by atoms with Crippen LogP contribution in [0.5, 0.6) is 11.5 Å². The fourth-order valence-electron chi connectivity index (χ4n) is 3.97. The Morgan fingerprint density at radius 3 is 2.34 bits per heavy atom. The zero-order chi connectivity index (χ0) is 31.3. The molecular weight excluding hydrogens is 717 g/mol. The average molecular weight is 738 g/mol. The van der Waals surface area contributed by atoms with Gasteiger partial charge in [-0.1, -0.05) is 18.2 Å². The summed E-state index contributed by atoms with van der Waals surface area (Å²) >= 11 is 6.70. The van der Waals surface area contributed by atoms with E-state index in [0.717, 1.165) is 11.8 Å². The Morgan fingerprint density at radius 1 is 1.00 bits per heavy atom. The van der Waals surface area contributed by atoms with E-state index in [1.54, 1.807) is 12.1 Å². The number of nitro benzene ring substituents is 1. The fourth-order valence-corrected chi connectivity index (χ4v) is 5.36. The number of ether oxygens (including phenoxy) is 2. The second-order valence-corrected chi connectivity index (χ2v) is 10.8. The molecule has 2 heterocycles. The molecule has 0 aliphatic carbocycles. The lowest BCUT2D eigenvalue weighted by Crippen LogP contribution is -2.37. The third-order valence-corrected chi connectivity index (χ3v) is 7.22. The molecule has 1 aliphatic heterocycles. The van der Waals surface area contributed by atoms with Gasteiger partial charge in [-0.3, -0.25) is 10.1 Å². The summed E-state index contributed by atoms with van der Waals surface area (Å²) in [6, 6.07) is 14.7. The lowest BCUT2D eigenvalue weighted by Gasteiger charge is -2.27. The van der Waals surface area contributed by atoms with Gasteiger partial charge in [-0.2, -0.15) is 33.2 Å². The van der Waals surface area contributed by atoms with Crippen molar-refractivity contribution in [3.05, 3.63) is 90.9 Å². The van der Waals surface area contributed by atoms with E-state index in [1.807, 2.05) is 35.2 Å². The number of para-hydroxylation sites is 1. The summed E-state index contributed by atoms with van der Waals surface area (Å²) in [6.07, 6.45) is -3.27. The van der Waals surface area contributed by atoms with Crippen molar-refractivity contribution in [3.8, 4) is 11.5 Å². The molecule has 1 aliphatic rings. The molecule has 5 rings (SSSR count). The van der Waals surface area contributed by atoms with Crippen molar-refractivity contribution < 1.29 is 27.6 Å². The van der Waals surface area contributed by atoms with Crippen molar-refractivity contribution in [1.82, 2.24) is 15.0 Å². The number of halogens is 5. The van der Waals surface area contributed by atoms with Crippen LogP contribution in [0.2, 0.25) is 0 Å². The molecule has 1 fully saturated rings. The van der Waals surface area contributed by atoms with Crippen LogP contribution in [0.4, 0.5) is 42.4 Å². The highest BCUT2D eigenvalue weighted by atomic mass is 79.9. The number of morpholine rings is 1. The van der Waals surface area contributed by atoms with Crippen molar-refractivity contribution in [2.24, 2.45) is 5.10 Å². The Bertz CT molecular complexity index is 1670. The van der Waals surface area contributed by atoms with E-state index in [2.05, 4.69) is 62.7 Å². The van der Waals surface area contributed by atoms with E-state index in [0.29, 0.717) is 64.8 Å². The summed E-state index contributed by atoms with van der Waals surface area (Å²) in [5.41, 5.74) is 2.18. The molecule has 0 radical (unpaired) electrons. The second kappa shape index (κ2) is 13.5. The van der Waals surface area contributed by atoms with Crippen LogP contribution in [-0.2, 0) is 10.9 Å². The summed E-state index contributed by atoms with van der Waals surface area (Å²) in [4.78, 5) is 25.9. The fraction of sp³-hybridized carbons (Fsp3) is 0.185. The summed E-state index contributed by atoms with van der Waals surface area (Å²) < 4.78 is 51.0. The zero-order valence-electron chi connectivity index (χ0n) is 22.4. The molecule has 3 aromatic carbocycles. The largest absolute Gasteiger partial charge is 0.448 e. The van der Waals surface area contributed by atoms with Gasteiger partial charge in [0, 0.05) is 24.8 Å². The number of aromatic nitrogens is 3. The first-order valence-corrected chi connectivity index (χ1v) is 14.4. The predicted octanol–water partition coefficient (Wildman–Crippen LogP) is 7.14. The second-order valence-electron chi connectivity index (χ2n) is 9.10. The molecule has 17 heteroatoms. The molecule has 0 unspecified atom stereocenters. The molecule has 0 saturated carbocycles. The first-order chi connectivity index (χ1) is 21.1. The van der Waals surface area contributed by atoms with Gasteiger partial charge in [-0.25, -0.2) is 5.43 Å². The Kier molecular flexibility index (Phi) is 9.55.